The summed E-state index contributed by atoms with van der Waals surface area (Å²) >= 11 is 3.71. The molecule has 0 bridgehead atoms. The van der Waals surface area contributed by atoms with Gasteiger partial charge in [0.25, 0.3) is 0 Å². The molecule has 0 aliphatic heterocycles. The molecule has 1 fully saturated rings. The highest BCUT2D eigenvalue weighted by atomic mass is 32.2. The van der Waals surface area contributed by atoms with Crippen LogP contribution in [0.15, 0.2) is 40.1 Å². The van der Waals surface area contributed by atoms with E-state index >= 15 is 0 Å². The normalized spacial score (nSPS) is 25.9. The molecule has 3 rings (SSSR count). The lowest BCUT2D eigenvalue weighted by molar-refractivity contribution is 0.344. The highest BCUT2D eigenvalue weighted by Gasteiger charge is 2.31. The summed E-state index contributed by atoms with van der Waals surface area (Å²) in [4.78, 5) is 4.61. The molecule has 0 radical (unpaired) electrons. The van der Waals surface area contributed by atoms with E-state index in [2.05, 4.69) is 47.6 Å². The van der Waals surface area contributed by atoms with Crippen LogP contribution in [0, 0.1) is 12.8 Å². The molecule has 2 nitrogen and oxygen atoms in total. The van der Waals surface area contributed by atoms with Gasteiger partial charge in [-0.3, -0.25) is 0 Å². The number of nitrogens with zero attached hydrogens (tertiary/aromatic N) is 1. The van der Waals surface area contributed by atoms with Crippen LogP contribution >= 0.6 is 23.1 Å². The van der Waals surface area contributed by atoms with Crippen LogP contribution in [0.1, 0.15) is 36.4 Å². The van der Waals surface area contributed by atoms with Crippen molar-refractivity contribution in [2.75, 3.05) is 6.54 Å². The van der Waals surface area contributed by atoms with Crippen LogP contribution in [0.4, 0.5) is 0 Å². The van der Waals surface area contributed by atoms with Gasteiger partial charge in [0, 0.05) is 16.3 Å². The third-order valence-corrected chi connectivity index (χ3v) is 6.85. The maximum Gasteiger partial charge on any atom is 0.150 e. The van der Waals surface area contributed by atoms with Crippen molar-refractivity contribution in [2.24, 2.45) is 11.7 Å². The molecule has 0 saturated heterocycles. The van der Waals surface area contributed by atoms with Gasteiger partial charge in [-0.1, -0.05) is 42.1 Å². The first-order valence-corrected chi connectivity index (χ1v) is 9.36. The van der Waals surface area contributed by atoms with Gasteiger partial charge in [0.2, 0.25) is 0 Å². The molecule has 1 saturated carbocycles. The predicted molar refractivity (Wildman–Crippen MR) is 92.1 cm³/mol. The van der Waals surface area contributed by atoms with Gasteiger partial charge < -0.3 is 5.73 Å². The SMILES string of the molecule is Cc1csc(SC2CC(c3ccccc3)CCC2CN)n1. The van der Waals surface area contributed by atoms with Crippen LogP contribution < -0.4 is 5.73 Å². The Balaban J connectivity index is 1.72. The molecule has 21 heavy (non-hydrogen) atoms. The average molecular weight is 319 g/mol. The molecule has 3 unspecified atom stereocenters. The van der Waals surface area contributed by atoms with Gasteiger partial charge >= 0.3 is 0 Å². The number of thiazole rings is 1. The van der Waals surface area contributed by atoms with E-state index in [0.29, 0.717) is 17.1 Å². The molecule has 1 aromatic heterocycles. The summed E-state index contributed by atoms with van der Waals surface area (Å²) in [5, 5.41) is 2.73. The first-order chi connectivity index (χ1) is 10.3. The molecule has 3 atom stereocenters. The Morgan fingerprint density at radius 2 is 2.10 bits per heavy atom. The van der Waals surface area contributed by atoms with E-state index in [1.807, 2.05) is 11.8 Å². The van der Waals surface area contributed by atoms with E-state index in [1.165, 1.54) is 29.2 Å². The Hall–Kier alpha value is -0.840. The van der Waals surface area contributed by atoms with Gasteiger partial charge in [0.1, 0.15) is 4.34 Å². The summed E-state index contributed by atoms with van der Waals surface area (Å²) in [7, 11) is 0. The highest BCUT2D eigenvalue weighted by Crippen LogP contribution is 2.43. The number of nitrogens with two attached hydrogens (primary N) is 1. The van der Waals surface area contributed by atoms with Gasteiger partial charge in [-0.15, -0.1) is 11.3 Å². The van der Waals surface area contributed by atoms with E-state index in [-0.39, 0.29) is 0 Å². The number of thioether (sulfide) groups is 1. The van der Waals surface area contributed by atoms with Crippen molar-refractivity contribution in [1.29, 1.82) is 0 Å². The van der Waals surface area contributed by atoms with Crippen molar-refractivity contribution < 1.29 is 0 Å². The number of aromatic nitrogens is 1. The van der Waals surface area contributed by atoms with Crippen molar-refractivity contribution in [3.05, 3.63) is 47.0 Å². The van der Waals surface area contributed by atoms with Crippen LogP contribution in [-0.4, -0.2) is 16.8 Å². The molecule has 2 N–H and O–H groups in total. The van der Waals surface area contributed by atoms with E-state index in [4.69, 9.17) is 5.73 Å². The van der Waals surface area contributed by atoms with Gasteiger partial charge in [-0.05, 0) is 50.1 Å². The monoisotopic (exact) mass is 318 g/mol. The third kappa shape index (κ3) is 3.68. The molecule has 0 spiro atoms. The number of hydrogen-bond donors (Lipinski definition) is 1. The molecule has 2 aromatic rings. The van der Waals surface area contributed by atoms with E-state index in [1.54, 1.807) is 11.3 Å². The van der Waals surface area contributed by atoms with Crippen molar-refractivity contribution in [3.63, 3.8) is 0 Å². The van der Waals surface area contributed by atoms with Gasteiger partial charge in [0.15, 0.2) is 0 Å². The maximum atomic E-state index is 6.01. The van der Waals surface area contributed by atoms with Crippen LogP contribution in [0.25, 0.3) is 0 Å². The molecule has 0 amide bonds. The number of benzene rings is 1. The lowest BCUT2D eigenvalue weighted by Gasteiger charge is -2.35. The lowest BCUT2D eigenvalue weighted by Crippen LogP contribution is -2.31. The van der Waals surface area contributed by atoms with E-state index < -0.39 is 0 Å². The minimum atomic E-state index is 0.597. The van der Waals surface area contributed by atoms with Gasteiger partial charge in [-0.25, -0.2) is 4.98 Å². The lowest BCUT2D eigenvalue weighted by atomic mass is 9.78. The van der Waals surface area contributed by atoms with Crippen LogP contribution in [0.2, 0.25) is 0 Å². The molecular weight excluding hydrogens is 296 g/mol. The zero-order chi connectivity index (χ0) is 14.7. The van der Waals surface area contributed by atoms with Crippen LogP contribution in [-0.2, 0) is 0 Å². The number of aryl methyl sites for hydroxylation is 1. The molecule has 112 valence electrons. The predicted octanol–water partition coefficient (Wildman–Crippen LogP) is 4.45. The molecular formula is C17H22N2S2. The second-order valence-electron chi connectivity index (χ2n) is 5.83. The Morgan fingerprint density at radius 3 is 2.76 bits per heavy atom. The van der Waals surface area contributed by atoms with E-state index in [9.17, 15) is 0 Å². The smallest absolute Gasteiger partial charge is 0.150 e. The average Bonchev–Trinajstić information content (AvgIpc) is 2.93. The number of hydrogen-bond acceptors (Lipinski definition) is 4. The zero-order valence-corrected chi connectivity index (χ0v) is 14.0. The standard InChI is InChI=1S/C17H22N2S2/c1-12-11-20-17(19-12)21-16-9-14(7-8-15(16)10-18)13-5-3-2-4-6-13/h2-6,11,14-16H,7-10,18H2,1H3. The van der Waals surface area contributed by atoms with Gasteiger partial charge in [-0.2, -0.15) is 0 Å². The van der Waals surface area contributed by atoms with Gasteiger partial charge in [0.05, 0.1) is 0 Å². The number of rotatable bonds is 4. The third-order valence-electron chi connectivity index (χ3n) is 4.35. The Bertz CT molecular complexity index is 567. The van der Waals surface area contributed by atoms with Crippen molar-refractivity contribution in [3.8, 4) is 0 Å². The Morgan fingerprint density at radius 1 is 1.29 bits per heavy atom. The Labute approximate surface area is 135 Å². The first-order valence-electron chi connectivity index (χ1n) is 7.60. The quantitative estimate of drug-likeness (QED) is 0.905. The van der Waals surface area contributed by atoms with Crippen molar-refractivity contribution in [2.45, 2.75) is 41.7 Å². The summed E-state index contributed by atoms with van der Waals surface area (Å²) in [5.74, 6) is 1.30. The van der Waals surface area contributed by atoms with Crippen molar-refractivity contribution >= 4 is 23.1 Å². The summed E-state index contributed by atoms with van der Waals surface area (Å²) < 4.78 is 1.20. The second-order valence-corrected chi connectivity index (χ2v) is 8.17. The summed E-state index contributed by atoms with van der Waals surface area (Å²) in [5.41, 5.74) is 8.61. The molecule has 1 heterocycles. The molecule has 1 aliphatic rings. The van der Waals surface area contributed by atoms with Crippen LogP contribution in [0.3, 0.4) is 0 Å². The largest absolute Gasteiger partial charge is 0.330 e. The summed E-state index contributed by atoms with van der Waals surface area (Å²) in [6.45, 7) is 2.86. The maximum absolute atomic E-state index is 6.01. The minimum absolute atomic E-state index is 0.597. The fraction of sp³-hybridized carbons (Fsp3) is 0.471. The van der Waals surface area contributed by atoms with Crippen molar-refractivity contribution in [1.82, 2.24) is 4.98 Å². The summed E-state index contributed by atoms with van der Waals surface area (Å²) in [6.07, 6.45) is 3.72. The fourth-order valence-corrected chi connectivity index (χ4v) is 5.63. The zero-order valence-electron chi connectivity index (χ0n) is 12.4. The van der Waals surface area contributed by atoms with Crippen LogP contribution in [0.5, 0.6) is 0 Å². The topological polar surface area (TPSA) is 38.9 Å². The highest BCUT2D eigenvalue weighted by molar-refractivity contribution is 8.01. The fourth-order valence-electron chi connectivity index (χ4n) is 3.15. The molecule has 4 heteroatoms. The Kier molecular flexibility index (Phi) is 4.99. The molecule has 1 aliphatic carbocycles. The van der Waals surface area contributed by atoms with E-state index in [0.717, 1.165) is 12.2 Å². The molecule has 1 aromatic carbocycles. The minimum Gasteiger partial charge on any atom is -0.330 e. The second kappa shape index (κ2) is 6.95. The summed E-state index contributed by atoms with van der Waals surface area (Å²) in [6, 6.07) is 10.9. The first kappa shape index (κ1) is 15.1.